The fourth-order valence-electron chi connectivity index (χ4n) is 2.97. The van der Waals surface area contributed by atoms with Crippen LogP contribution in [0, 0.1) is 5.92 Å². The van der Waals surface area contributed by atoms with Crippen molar-refractivity contribution in [3.05, 3.63) is 65.2 Å². The number of hydrogen-bond donors (Lipinski definition) is 2. The highest BCUT2D eigenvalue weighted by Crippen LogP contribution is 2.29. The number of aliphatic carboxylic acids is 1. The third-order valence-electron chi connectivity index (χ3n) is 5.02. The number of amides is 1. The molecule has 0 aliphatic heterocycles. The molecule has 0 aliphatic rings. The maximum absolute atomic E-state index is 13.0. The fourth-order valence-corrected chi connectivity index (χ4v) is 2.97. The summed E-state index contributed by atoms with van der Waals surface area (Å²) in [5.41, 5.74) is 2.25. The molecule has 32 heavy (non-hydrogen) atoms. The number of rotatable bonds is 9. The molecule has 0 radical (unpaired) electrons. The van der Waals surface area contributed by atoms with Crippen molar-refractivity contribution in [3.8, 4) is 5.75 Å². The van der Waals surface area contributed by atoms with Crippen molar-refractivity contribution in [2.75, 3.05) is 6.54 Å². The Balaban J connectivity index is 1.89. The van der Waals surface area contributed by atoms with Crippen molar-refractivity contribution in [2.45, 2.75) is 51.8 Å². The van der Waals surface area contributed by atoms with Crippen molar-refractivity contribution < 1.29 is 32.6 Å². The van der Waals surface area contributed by atoms with Gasteiger partial charge >= 0.3 is 12.1 Å². The number of nitrogens with one attached hydrogen (secondary N) is 1. The minimum atomic E-state index is -4.59. The van der Waals surface area contributed by atoms with Gasteiger partial charge in [-0.3, -0.25) is 9.59 Å². The van der Waals surface area contributed by atoms with Gasteiger partial charge in [-0.05, 0) is 47.2 Å². The van der Waals surface area contributed by atoms with Crippen molar-refractivity contribution in [1.82, 2.24) is 5.32 Å². The topological polar surface area (TPSA) is 75.6 Å². The summed E-state index contributed by atoms with van der Waals surface area (Å²) in [6.07, 6.45) is -5.80. The van der Waals surface area contributed by atoms with Crippen molar-refractivity contribution in [2.24, 2.45) is 5.92 Å². The second-order valence-electron chi connectivity index (χ2n) is 8.64. The van der Waals surface area contributed by atoms with Gasteiger partial charge in [-0.15, -0.1) is 0 Å². The molecule has 0 aliphatic carbocycles. The van der Waals surface area contributed by atoms with Crippen LogP contribution in [0.5, 0.6) is 5.75 Å². The van der Waals surface area contributed by atoms with E-state index in [1.807, 2.05) is 24.3 Å². The smallest absolute Gasteiger partial charge is 0.393 e. The largest absolute Gasteiger partial charge is 0.489 e. The van der Waals surface area contributed by atoms with E-state index in [0.717, 1.165) is 5.56 Å². The second-order valence-corrected chi connectivity index (χ2v) is 8.64. The Bertz CT molecular complexity index is 901. The molecule has 174 valence electrons. The predicted octanol–water partition coefficient (Wildman–Crippen LogP) is 5.34. The predicted molar refractivity (Wildman–Crippen MR) is 115 cm³/mol. The minimum absolute atomic E-state index is 0.0469. The van der Waals surface area contributed by atoms with Gasteiger partial charge in [0.15, 0.2) is 0 Å². The summed E-state index contributed by atoms with van der Waals surface area (Å²) in [5.74, 6) is -3.17. The molecular weight excluding hydrogens is 423 g/mol. The van der Waals surface area contributed by atoms with Crippen LogP contribution in [0.15, 0.2) is 48.5 Å². The molecule has 2 N–H and O–H groups in total. The van der Waals surface area contributed by atoms with Gasteiger partial charge in [0.25, 0.3) is 5.91 Å². The maximum atomic E-state index is 13.0. The number of halogens is 3. The zero-order chi connectivity index (χ0) is 23.9. The van der Waals surface area contributed by atoms with Crippen molar-refractivity contribution in [1.29, 1.82) is 0 Å². The lowest BCUT2D eigenvalue weighted by molar-refractivity contribution is -0.175. The second kappa shape index (κ2) is 10.5. The number of carboxylic acids is 1. The third kappa shape index (κ3) is 7.90. The average Bonchev–Trinajstić information content (AvgIpc) is 2.71. The van der Waals surface area contributed by atoms with E-state index in [1.165, 1.54) is 17.7 Å². The SMILES string of the molecule is CC(C)(C)c1ccc(OCc2ccc(C(=O)NCC(CCC(=O)O)C(F)(F)F)cc2)cc1. The summed E-state index contributed by atoms with van der Waals surface area (Å²) in [6.45, 7) is 5.98. The number of hydrogen-bond acceptors (Lipinski definition) is 3. The lowest BCUT2D eigenvalue weighted by Crippen LogP contribution is -2.36. The van der Waals surface area contributed by atoms with Gasteiger partial charge in [-0.1, -0.05) is 45.0 Å². The normalized spacial score (nSPS) is 12.8. The molecule has 0 spiro atoms. The van der Waals surface area contributed by atoms with E-state index < -0.39 is 43.4 Å². The van der Waals surface area contributed by atoms with Crippen LogP contribution >= 0.6 is 0 Å². The highest BCUT2D eigenvalue weighted by molar-refractivity contribution is 5.94. The van der Waals surface area contributed by atoms with E-state index in [9.17, 15) is 22.8 Å². The summed E-state index contributed by atoms with van der Waals surface area (Å²) in [4.78, 5) is 22.7. The number of carbonyl (C=O) groups excluding carboxylic acids is 1. The number of benzene rings is 2. The zero-order valence-electron chi connectivity index (χ0n) is 18.3. The average molecular weight is 451 g/mol. The van der Waals surface area contributed by atoms with Crippen LogP contribution in [0.2, 0.25) is 0 Å². The van der Waals surface area contributed by atoms with Crippen LogP contribution in [-0.2, 0) is 16.8 Å². The molecule has 2 aromatic carbocycles. The minimum Gasteiger partial charge on any atom is -0.489 e. The summed E-state index contributed by atoms with van der Waals surface area (Å²) >= 11 is 0. The molecule has 1 unspecified atom stereocenters. The molecule has 8 heteroatoms. The summed E-state index contributed by atoms with van der Waals surface area (Å²) < 4.78 is 44.8. The van der Waals surface area contributed by atoms with Crippen molar-refractivity contribution in [3.63, 3.8) is 0 Å². The van der Waals surface area contributed by atoms with Gasteiger partial charge in [-0.25, -0.2) is 0 Å². The highest BCUT2D eigenvalue weighted by Gasteiger charge is 2.39. The van der Waals surface area contributed by atoms with E-state index in [2.05, 4.69) is 26.1 Å². The molecule has 0 saturated carbocycles. The lowest BCUT2D eigenvalue weighted by atomic mass is 9.87. The monoisotopic (exact) mass is 451 g/mol. The molecule has 2 rings (SSSR count). The van der Waals surface area contributed by atoms with Crippen molar-refractivity contribution >= 4 is 11.9 Å². The number of ether oxygens (including phenoxy) is 1. The standard InChI is InChI=1S/C24H28F3NO4/c1-23(2,3)18-8-11-20(12-9-18)32-15-16-4-6-17(7-5-16)22(31)28-14-19(24(25,26)27)10-13-21(29)30/h4-9,11-12,19H,10,13-15H2,1-3H3,(H,28,31)(H,29,30). The van der Waals surface area contributed by atoms with Crippen LogP contribution in [0.4, 0.5) is 13.2 Å². The Hall–Kier alpha value is -3.03. The number of carbonyl (C=O) groups is 2. The van der Waals surface area contributed by atoms with E-state index in [1.54, 1.807) is 12.1 Å². The van der Waals surface area contributed by atoms with Crippen LogP contribution in [0.3, 0.4) is 0 Å². The van der Waals surface area contributed by atoms with Gasteiger partial charge in [0.1, 0.15) is 12.4 Å². The van der Waals surface area contributed by atoms with Gasteiger partial charge in [0, 0.05) is 18.5 Å². The third-order valence-corrected chi connectivity index (χ3v) is 5.02. The Morgan fingerprint density at radius 1 is 1.00 bits per heavy atom. The molecular formula is C24H28F3NO4. The van der Waals surface area contributed by atoms with E-state index >= 15 is 0 Å². The molecule has 0 bridgehead atoms. The Kier molecular flexibility index (Phi) is 8.30. The van der Waals surface area contributed by atoms with E-state index in [0.29, 0.717) is 5.75 Å². The molecule has 5 nitrogen and oxygen atoms in total. The van der Waals surface area contributed by atoms with E-state index in [-0.39, 0.29) is 17.6 Å². The molecule has 0 saturated heterocycles. The molecule has 1 atom stereocenters. The van der Waals surface area contributed by atoms with Crippen LogP contribution in [0.1, 0.15) is 55.1 Å². The summed E-state index contributed by atoms with van der Waals surface area (Å²) in [7, 11) is 0. The van der Waals surface area contributed by atoms with Crippen LogP contribution in [0.25, 0.3) is 0 Å². The Labute approximate surface area is 185 Å². The fraction of sp³-hybridized carbons (Fsp3) is 0.417. The Morgan fingerprint density at radius 3 is 2.09 bits per heavy atom. The zero-order valence-corrected chi connectivity index (χ0v) is 18.3. The van der Waals surface area contributed by atoms with Gasteiger partial charge in [-0.2, -0.15) is 13.2 Å². The van der Waals surface area contributed by atoms with Gasteiger partial charge < -0.3 is 15.2 Å². The first-order valence-corrected chi connectivity index (χ1v) is 10.3. The van der Waals surface area contributed by atoms with Gasteiger partial charge in [0.2, 0.25) is 0 Å². The quantitative estimate of drug-likeness (QED) is 0.540. The first kappa shape index (κ1) is 25.2. The summed E-state index contributed by atoms with van der Waals surface area (Å²) in [5, 5.41) is 10.8. The molecule has 2 aromatic rings. The molecule has 1 amide bonds. The van der Waals surface area contributed by atoms with E-state index in [4.69, 9.17) is 9.84 Å². The number of alkyl halides is 3. The highest BCUT2D eigenvalue weighted by atomic mass is 19.4. The lowest BCUT2D eigenvalue weighted by Gasteiger charge is -2.20. The summed E-state index contributed by atoms with van der Waals surface area (Å²) in [6, 6.07) is 14.2. The van der Waals surface area contributed by atoms with Crippen LogP contribution in [-0.4, -0.2) is 29.7 Å². The number of carboxylic acid groups (broad SMARTS) is 1. The molecule has 0 aromatic heterocycles. The molecule has 0 heterocycles. The van der Waals surface area contributed by atoms with Crippen LogP contribution < -0.4 is 10.1 Å². The maximum Gasteiger partial charge on any atom is 0.393 e. The first-order valence-electron chi connectivity index (χ1n) is 10.3. The molecule has 0 fully saturated rings. The van der Waals surface area contributed by atoms with Gasteiger partial charge in [0.05, 0.1) is 5.92 Å². The first-order chi connectivity index (χ1) is 14.9. The Morgan fingerprint density at radius 2 is 1.59 bits per heavy atom.